The van der Waals surface area contributed by atoms with E-state index >= 15 is 0 Å². The van der Waals surface area contributed by atoms with E-state index in [1.165, 1.54) is 14.2 Å². The summed E-state index contributed by atoms with van der Waals surface area (Å²) in [6.45, 7) is 1.26. The Labute approximate surface area is 192 Å². The van der Waals surface area contributed by atoms with E-state index in [0.717, 1.165) is 22.1 Å². The maximum atomic E-state index is 13.3. The number of rotatable bonds is 7. The molecule has 9 heteroatoms. The van der Waals surface area contributed by atoms with E-state index in [1.54, 1.807) is 36.6 Å². The minimum absolute atomic E-state index is 0.189. The van der Waals surface area contributed by atoms with Crippen LogP contribution in [-0.4, -0.2) is 53.1 Å². The average molecular weight is 475 g/mol. The minimum Gasteiger partial charge on any atom is -0.497 e. The fraction of sp³-hybridized carbons (Fsp3) is 0.348. The molecule has 0 N–H and O–H groups in total. The molecule has 0 atom stereocenters. The van der Waals surface area contributed by atoms with Gasteiger partial charge in [0.05, 0.1) is 32.3 Å². The lowest BCUT2D eigenvalue weighted by Crippen LogP contribution is -2.39. The van der Waals surface area contributed by atoms with Crippen molar-refractivity contribution in [3.05, 3.63) is 47.8 Å². The number of aromatic nitrogens is 1. The van der Waals surface area contributed by atoms with Gasteiger partial charge in [0.15, 0.2) is 15.0 Å². The second kappa shape index (κ2) is 9.38. The quantitative estimate of drug-likeness (QED) is 0.506. The topological polar surface area (TPSA) is 78.0 Å². The Bertz CT molecular complexity index is 1170. The summed E-state index contributed by atoms with van der Waals surface area (Å²) in [7, 11) is 1.09. The molecule has 1 aliphatic heterocycles. The lowest BCUT2D eigenvalue weighted by atomic mass is 10.1. The summed E-state index contributed by atoms with van der Waals surface area (Å²) < 4.78 is 42.4. The zero-order valence-electron chi connectivity index (χ0n) is 18.3. The van der Waals surface area contributed by atoms with E-state index in [1.807, 2.05) is 29.6 Å². The molecule has 0 amide bonds. The van der Waals surface area contributed by atoms with Crippen molar-refractivity contribution in [3.63, 3.8) is 0 Å². The van der Waals surface area contributed by atoms with E-state index in [2.05, 4.69) is 4.90 Å². The van der Waals surface area contributed by atoms with Gasteiger partial charge in [0.1, 0.15) is 22.1 Å². The fourth-order valence-corrected chi connectivity index (χ4v) is 6.64. The normalized spacial score (nSPS) is 14.9. The van der Waals surface area contributed by atoms with Gasteiger partial charge in [0, 0.05) is 30.1 Å². The van der Waals surface area contributed by atoms with Crippen LogP contribution in [0, 0.1) is 0 Å². The van der Waals surface area contributed by atoms with Crippen LogP contribution in [0.1, 0.15) is 12.8 Å². The van der Waals surface area contributed by atoms with E-state index in [9.17, 15) is 8.42 Å². The van der Waals surface area contributed by atoms with Crippen LogP contribution in [-0.2, 0) is 9.84 Å². The molecule has 0 saturated carbocycles. The lowest BCUT2D eigenvalue weighted by molar-refractivity contribution is 0.391. The smallest absolute Gasteiger partial charge is 0.185 e. The molecule has 32 heavy (non-hydrogen) atoms. The second-order valence-electron chi connectivity index (χ2n) is 7.49. The number of methoxy groups -OCH3 is 3. The molecule has 1 aromatic heterocycles. The third-order valence-corrected chi connectivity index (χ3v) is 8.89. The molecule has 2 aromatic carbocycles. The first-order valence-electron chi connectivity index (χ1n) is 10.3. The lowest BCUT2D eigenvalue weighted by Gasteiger charge is -2.31. The maximum absolute atomic E-state index is 13.3. The molecule has 170 valence electrons. The van der Waals surface area contributed by atoms with Crippen LogP contribution in [0.3, 0.4) is 0 Å². The molecule has 4 rings (SSSR count). The van der Waals surface area contributed by atoms with Crippen molar-refractivity contribution in [1.29, 1.82) is 0 Å². The summed E-state index contributed by atoms with van der Waals surface area (Å²) in [5, 5.41) is 2.47. The van der Waals surface area contributed by atoms with Crippen LogP contribution in [0.4, 0.5) is 5.13 Å². The van der Waals surface area contributed by atoms with Crippen LogP contribution in [0.15, 0.2) is 52.7 Å². The first-order chi connectivity index (χ1) is 15.5. The molecule has 0 unspecified atom stereocenters. The number of nitrogens with zero attached hydrogens (tertiary/aromatic N) is 2. The van der Waals surface area contributed by atoms with Gasteiger partial charge >= 0.3 is 0 Å². The Morgan fingerprint density at radius 2 is 1.59 bits per heavy atom. The average Bonchev–Trinajstić information content (AvgIpc) is 3.34. The minimum atomic E-state index is -3.55. The largest absolute Gasteiger partial charge is 0.497 e. The van der Waals surface area contributed by atoms with Crippen LogP contribution >= 0.6 is 11.3 Å². The summed E-state index contributed by atoms with van der Waals surface area (Å²) in [5.74, 6) is 1.65. The van der Waals surface area contributed by atoms with Crippen LogP contribution in [0.2, 0.25) is 0 Å². The van der Waals surface area contributed by atoms with E-state index in [0.29, 0.717) is 37.4 Å². The number of hydrogen-bond donors (Lipinski definition) is 0. The van der Waals surface area contributed by atoms with Crippen LogP contribution in [0.5, 0.6) is 17.2 Å². The van der Waals surface area contributed by atoms with Crippen molar-refractivity contribution in [3.8, 4) is 28.5 Å². The van der Waals surface area contributed by atoms with Gasteiger partial charge in [-0.1, -0.05) is 0 Å². The van der Waals surface area contributed by atoms with E-state index in [-0.39, 0.29) is 4.90 Å². The second-order valence-corrected chi connectivity index (χ2v) is 10.5. The SMILES string of the molecule is COc1ccc(-c2csc(N3CCC(S(=O)(=O)c4cc(OC)ccc4OC)CC3)n2)cc1. The number of hydrogen-bond acceptors (Lipinski definition) is 8. The highest BCUT2D eigenvalue weighted by Crippen LogP contribution is 2.35. The maximum Gasteiger partial charge on any atom is 0.185 e. The summed E-state index contributed by atoms with van der Waals surface area (Å²) in [4.78, 5) is 7.12. The van der Waals surface area contributed by atoms with Crippen molar-refractivity contribution >= 4 is 26.3 Å². The van der Waals surface area contributed by atoms with Gasteiger partial charge < -0.3 is 19.1 Å². The Kier molecular flexibility index (Phi) is 6.57. The zero-order valence-corrected chi connectivity index (χ0v) is 19.9. The monoisotopic (exact) mass is 474 g/mol. The molecule has 0 radical (unpaired) electrons. The molecule has 0 bridgehead atoms. The molecule has 1 aliphatic rings. The third kappa shape index (κ3) is 4.40. The first-order valence-corrected chi connectivity index (χ1v) is 12.7. The predicted octanol–water partition coefficient (Wildman–Crippen LogP) is 4.28. The number of anilines is 1. The molecule has 1 fully saturated rings. The van der Waals surface area contributed by atoms with Gasteiger partial charge in [-0.25, -0.2) is 13.4 Å². The molecule has 0 aliphatic carbocycles. The molecule has 1 saturated heterocycles. The van der Waals surface area contributed by atoms with Gasteiger partial charge in [0.2, 0.25) is 0 Å². The molecular formula is C23H26N2O5S2. The van der Waals surface area contributed by atoms with Gasteiger partial charge in [-0.3, -0.25) is 0 Å². The van der Waals surface area contributed by atoms with Crippen molar-refractivity contribution in [2.75, 3.05) is 39.3 Å². The van der Waals surface area contributed by atoms with Gasteiger partial charge in [0.25, 0.3) is 0 Å². The van der Waals surface area contributed by atoms with Crippen molar-refractivity contribution < 1.29 is 22.6 Å². The molecular weight excluding hydrogens is 448 g/mol. The van der Waals surface area contributed by atoms with Crippen LogP contribution in [0.25, 0.3) is 11.3 Å². The summed E-state index contributed by atoms with van der Waals surface area (Å²) in [6.07, 6.45) is 1.06. The Morgan fingerprint density at radius 1 is 0.938 bits per heavy atom. The number of benzene rings is 2. The van der Waals surface area contributed by atoms with Crippen molar-refractivity contribution in [2.24, 2.45) is 0 Å². The zero-order chi connectivity index (χ0) is 22.7. The third-order valence-electron chi connectivity index (χ3n) is 5.71. The van der Waals surface area contributed by atoms with Crippen molar-refractivity contribution in [1.82, 2.24) is 4.98 Å². The molecule has 2 heterocycles. The summed E-state index contributed by atoms with van der Waals surface area (Å²) in [6, 6.07) is 12.7. The van der Waals surface area contributed by atoms with Crippen LogP contribution < -0.4 is 19.1 Å². The Hall–Kier alpha value is -2.78. The van der Waals surface area contributed by atoms with E-state index < -0.39 is 15.1 Å². The highest BCUT2D eigenvalue weighted by Gasteiger charge is 2.34. The predicted molar refractivity (Wildman–Crippen MR) is 126 cm³/mol. The Balaban J connectivity index is 1.47. The van der Waals surface area contributed by atoms with Gasteiger partial charge in [-0.05, 0) is 49.2 Å². The Morgan fingerprint density at radius 3 is 2.22 bits per heavy atom. The molecule has 0 spiro atoms. The standard InChI is InChI=1S/C23H26N2O5S2/c1-28-17-6-4-16(5-7-17)20-15-31-23(24-20)25-12-10-19(11-13-25)32(26,27)22-14-18(29-2)8-9-21(22)30-3/h4-9,14-15,19H,10-13H2,1-3H3. The highest BCUT2D eigenvalue weighted by molar-refractivity contribution is 7.92. The van der Waals surface area contributed by atoms with E-state index in [4.69, 9.17) is 19.2 Å². The van der Waals surface area contributed by atoms with Gasteiger partial charge in [-0.2, -0.15) is 0 Å². The highest BCUT2D eigenvalue weighted by atomic mass is 32.2. The molecule has 3 aromatic rings. The summed E-state index contributed by atoms with van der Waals surface area (Å²) in [5.41, 5.74) is 1.93. The number of sulfone groups is 1. The molecule has 7 nitrogen and oxygen atoms in total. The first kappa shape index (κ1) is 22.4. The number of thiazole rings is 1. The fourth-order valence-electron chi connectivity index (χ4n) is 3.85. The van der Waals surface area contributed by atoms with Gasteiger partial charge in [-0.15, -0.1) is 11.3 Å². The van der Waals surface area contributed by atoms with Crippen molar-refractivity contribution in [2.45, 2.75) is 23.0 Å². The number of piperidine rings is 1. The number of ether oxygens (including phenoxy) is 3. The summed E-state index contributed by atoms with van der Waals surface area (Å²) >= 11 is 1.57.